The molecular weight excluding hydrogens is 292 g/mol. The number of thiazole rings is 1. The van der Waals surface area contributed by atoms with Crippen molar-refractivity contribution < 1.29 is 23.1 Å². The molecule has 7 nitrogen and oxygen atoms in total. The second kappa shape index (κ2) is 4.82. The summed E-state index contributed by atoms with van der Waals surface area (Å²) in [6, 6.07) is 0. The van der Waals surface area contributed by atoms with Crippen molar-refractivity contribution in [3.63, 3.8) is 0 Å². The van der Waals surface area contributed by atoms with Gasteiger partial charge >= 0.3 is 5.97 Å². The van der Waals surface area contributed by atoms with Gasteiger partial charge in [-0.2, -0.15) is 0 Å². The Morgan fingerprint density at radius 2 is 2.37 bits per heavy atom. The molecule has 0 amide bonds. The second-order valence-corrected chi connectivity index (χ2v) is 7.31. The zero-order valence-electron chi connectivity index (χ0n) is 10.4. The van der Waals surface area contributed by atoms with Crippen LogP contribution < -0.4 is 4.72 Å². The molecule has 2 unspecified atom stereocenters. The lowest BCUT2D eigenvalue weighted by molar-refractivity contribution is 0.0687. The lowest BCUT2D eigenvalue weighted by Gasteiger charge is -2.28. The van der Waals surface area contributed by atoms with Crippen LogP contribution in [-0.2, 0) is 14.8 Å². The summed E-state index contributed by atoms with van der Waals surface area (Å²) in [7, 11) is -3.92. The molecule has 0 spiro atoms. The molecule has 1 aromatic rings. The molecule has 2 atom stereocenters. The van der Waals surface area contributed by atoms with Crippen molar-refractivity contribution in [2.24, 2.45) is 0 Å². The molecule has 0 aromatic carbocycles. The highest BCUT2D eigenvalue weighted by molar-refractivity contribution is 7.91. The third-order valence-corrected chi connectivity index (χ3v) is 6.22. The zero-order valence-corrected chi connectivity index (χ0v) is 12.0. The first-order valence-corrected chi connectivity index (χ1v) is 7.95. The van der Waals surface area contributed by atoms with Crippen LogP contribution in [0, 0.1) is 0 Å². The summed E-state index contributed by atoms with van der Waals surface area (Å²) in [5.74, 6) is -1.36. The predicted molar refractivity (Wildman–Crippen MR) is 67.8 cm³/mol. The minimum Gasteiger partial charge on any atom is -0.476 e. The van der Waals surface area contributed by atoms with Crippen molar-refractivity contribution in [1.82, 2.24) is 9.71 Å². The molecule has 2 rings (SSSR count). The molecule has 1 aliphatic rings. The van der Waals surface area contributed by atoms with Crippen molar-refractivity contribution in [1.29, 1.82) is 0 Å². The van der Waals surface area contributed by atoms with Crippen LogP contribution in [0.5, 0.6) is 0 Å². The first-order chi connectivity index (χ1) is 8.76. The third-order valence-electron chi connectivity index (χ3n) is 3.24. The molecular formula is C10H14N2O5S2. The number of hydrogen-bond donors (Lipinski definition) is 2. The van der Waals surface area contributed by atoms with Gasteiger partial charge in [0.15, 0.2) is 9.90 Å². The number of sulfonamides is 1. The van der Waals surface area contributed by atoms with Crippen LogP contribution in [0.4, 0.5) is 0 Å². The second-order valence-electron chi connectivity index (χ2n) is 4.58. The largest absolute Gasteiger partial charge is 0.476 e. The van der Waals surface area contributed by atoms with Crippen molar-refractivity contribution in [3.05, 3.63) is 11.2 Å². The molecule has 1 aliphatic heterocycles. The standard InChI is InChI=1S/C10H14N2O5S2/c1-6-10(2,3-4-17-6)12-19(15,16)9-7(8(13)14)11-5-18-9/h5-6,12H,3-4H2,1-2H3,(H,13,14). The number of nitrogens with one attached hydrogen (secondary N) is 1. The minimum atomic E-state index is -3.92. The number of carbonyl (C=O) groups is 1. The van der Waals surface area contributed by atoms with Gasteiger partial charge < -0.3 is 9.84 Å². The minimum absolute atomic E-state index is 0.275. The number of aromatic nitrogens is 1. The fourth-order valence-corrected chi connectivity index (χ4v) is 4.53. The summed E-state index contributed by atoms with van der Waals surface area (Å²) in [4.78, 5) is 14.5. The maximum atomic E-state index is 12.3. The Morgan fingerprint density at radius 3 is 2.89 bits per heavy atom. The van der Waals surface area contributed by atoms with Gasteiger partial charge in [-0.25, -0.2) is 22.9 Å². The first kappa shape index (κ1) is 14.4. The summed E-state index contributed by atoms with van der Waals surface area (Å²) in [5, 5.41) is 8.92. The Morgan fingerprint density at radius 1 is 1.68 bits per heavy atom. The normalized spacial score (nSPS) is 27.6. The number of hydrogen-bond acceptors (Lipinski definition) is 6. The van der Waals surface area contributed by atoms with E-state index in [0.717, 1.165) is 11.3 Å². The Kier molecular flexibility index (Phi) is 3.65. The molecule has 0 radical (unpaired) electrons. The van der Waals surface area contributed by atoms with E-state index < -0.39 is 27.2 Å². The van der Waals surface area contributed by atoms with E-state index in [-0.39, 0.29) is 10.3 Å². The molecule has 9 heteroatoms. The third kappa shape index (κ3) is 2.64. The first-order valence-electron chi connectivity index (χ1n) is 5.58. The predicted octanol–water partition coefficient (Wildman–Crippen LogP) is 0.687. The lowest BCUT2D eigenvalue weighted by atomic mass is 9.97. The molecule has 1 fully saturated rings. The van der Waals surface area contributed by atoms with E-state index in [1.807, 2.05) is 0 Å². The molecule has 1 aromatic heterocycles. The van der Waals surface area contributed by atoms with Gasteiger partial charge in [-0.1, -0.05) is 0 Å². The van der Waals surface area contributed by atoms with Gasteiger partial charge in [-0.15, -0.1) is 11.3 Å². The van der Waals surface area contributed by atoms with Crippen LogP contribution in [-0.4, -0.2) is 42.7 Å². The molecule has 2 N–H and O–H groups in total. The summed E-state index contributed by atoms with van der Waals surface area (Å²) in [6.45, 7) is 3.98. The van der Waals surface area contributed by atoms with Gasteiger partial charge in [0, 0.05) is 6.61 Å². The number of aromatic carboxylic acids is 1. The Bertz CT molecular complexity index is 597. The van der Waals surface area contributed by atoms with E-state index in [2.05, 4.69) is 9.71 Å². The smallest absolute Gasteiger partial charge is 0.356 e. The molecule has 19 heavy (non-hydrogen) atoms. The van der Waals surface area contributed by atoms with Crippen LogP contribution in [0.25, 0.3) is 0 Å². The Labute approximate surface area is 114 Å². The lowest BCUT2D eigenvalue weighted by Crippen LogP contribution is -2.50. The number of carboxylic acids is 1. The molecule has 1 saturated heterocycles. The molecule has 0 aliphatic carbocycles. The topological polar surface area (TPSA) is 106 Å². The highest BCUT2D eigenvalue weighted by Gasteiger charge is 2.42. The fourth-order valence-electron chi connectivity index (χ4n) is 1.89. The Hall–Kier alpha value is -1.03. The highest BCUT2D eigenvalue weighted by Crippen LogP contribution is 2.29. The van der Waals surface area contributed by atoms with Crippen LogP contribution >= 0.6 is 11.3 Å². The number of carboxylic acid groups (broad SMARTS) is 1. The van der Waals surface area contributed by atoms with Gasteiger partial charge in [0.1, 0.15) is 0 Å². The van der Waals surface area contributed by atoms with Gasteiger partial charge in [0.25, 0.3) is 10.0 Å². The average molecular weight is 306 g/mol. The van der Waals surface area contributed by atoms with Crippen LogP contribution in [0.1, 0.15) is 30.8 Å². The summed E-state index contributed by atoms with van der Waals surface area (Å²) in [5.41, 5.74) is 0.0146. The number of ether oxygens (including phenoxy) is 1. The van der Waals surface area contributed by atoms with Gasteiger partial charge in [0.05, 0.1) is 17.2 Å². The van der Waals surface area contributed by atoms with Gasteiger partial charge in [-0.3, -0.25) is 0 Å². The van der Waals surface area contributed by atoms with E-state index in [1.54, 1.807) is 13.8 Å². The molecule has 2 heterocycles. The fraction of sp³-hybridized carbons (Fsp3) is 0.600. The molecule has 0 saturated carbocycles. The maximum absolute atomic E-state index is 12.3. The molecule has 106 valence electrons. The van der Waals surface area contributed by atoms with Crippen molar-refractivity contribution in [2.75, 3.05) is 6.61 Å². The summed E-state index contributed by atoms with van der Waals surface area (Å²) in [6.07, 6.45) is 0.262. The van der Waals surface area contributed by atoms with E-state index in [9.17, 15) is 13.2 Å². The SMILES string of the molecule is CC1OCCC1(C)NS(=O)(=O)c1scnc1C(=O)O. The van der Waals surface area contributed by atoms with Gasteiger partial charge in [0.2, 0.25) is 0 Å². The number of nitrogens with zero attached hydrogens (tertiary/aromatic N) is 1. The number of rotatable bonds is 4. The zero-order chi connectivity index (χ0) is 14.3. The van der Waals surface area contributed by atoms with Crippen LogP contribution in [0.3, 0.4) is 0 Å². The summed E-state index contributed by atoms with van der Waals surface area (Å²) < 4.78 is 32.1. The van der Waals surface area contributed by atoms with E-state index in [1.165, 1.54) is 5.51 Å². The summed E-state index contributed by atoms with van der Waals surface area (Å²) >= 11 is 0.785. The molecule has 0 bridgehead atoms. The average Bonchev–Trinajstić information content (AvgIpc) is 2.87. The van der Waals surface area contributed by atoms with E-state index >= 15 is 0 Å². The van der Waals surface area contributed by atoms with Crippen molar-refractivity contribution >= 4 is 27.3 Å². The van der Waals surface area contributed by atoms with Crippen molar-refractivity contribution in [2.45, 2.75) is 36.1 Å². The van der Waals surface area contributed by atoms with E-state index in [4.69, 9.17) is 9.84 Å². The monoisotopic (exact) mass is 306 g/mol. The van der Waals surface area contributed by atoms with Gasteiger partial charge in [-0.05, 0) is 20.3 Å². The Balaban J connectivity index is 2.33. The van der Waals surface area contributed by atoms with E-state index in [0.29, 0.717) is 13.0 Å². The van der Waals surface area contributed by atoms with Crippen LogP contribution in [0.15, 0.2) is 9.72 Å². The van der Waals surface area contributed by atoms with Crippen LogP contribution in [0.2, 0.25) is 0 Å². The van der Waals surface area contributed by atoms with Crippen molar-refractivity contribution in [3.8, 4) is 0 Å². The highest BCUT2D eigenvalue weighted by atomic mass is 32.2. The maximum Gasteiger partial charge on any atom is 0.356 e. The quantitative estimate of drug-likeness (QED) is 0.847.